The van der Waals surface area contributed by atoms with Crippen molar-refractivity contribution in [2.75, 3.05) is 13.2 Å². The number of hydrogen-bond acceptors (Lipinski definition) is 6. The number of ether oxygens (including phenoxy) is 3. The summed E-state index contributed by atoms with van der Waals surface area (Å²) in [5, 5.41) is 0. The van der Waals surface area contributed by atoms with Gasteiger partial charge in [0.25, 0.3) is 0 Å². The minimum Gasteiger partial charge on any atom is -0.462 e. The van der Waals surface area contributed by atoms with E-state index >= 15 is 0 Å². The first kappa shape index (κ1) is 64.8. The van der Waals surface area contributed by atoms with Crippen LogP contribution in [0.15, 0.2) is 122 Å². The molecule has 0 aliphatic heterocycles. The highest BCUT2D eigenvalue weighted by molar-refractivity contribution is 5.71. The fourth-order valence-corrected chi connectivity index (χ4v) is 7.23. The molecular formula is C63H102O6. The van der Waals surface area contributed by atoms with E-state index in [-0.39, 0.29) is 44.0 Å². The van der Waals surface area contributed by atoms with Gasteiger partial charge >= 0.3 is 17.9 Å². The molecule has 0 atom stereocenters. The molecule has 6 heteroatoms. The lowest BCUT2D eigenvalue weighted by molar-refractivity contribution is -0.166. The Morgan fingerprint density at radius 1 is 0.290 bits per heavy atom. The molecule has 0 saturated heterocycles. The van der Waals surface area contributed by atoms with Crippen molar-refractivity contribution in [2.45, 2.75) is 245 Å². The molecule has 0 aliphatic rings. The van der Waals surface area contributed by atoms with Crippen LogP contribution in [-0.2, 0) is 28.6 Å². The lowest BCUT2D eigenvalue weighted by Gasteiger charge is -2.18. The maximum absolute atomic E-state index is 12.8. The third kappa shape index (κ3) is 54.6. The van der Waals surface area contributed by atoms with Gasteiger partial charge in [0, 0.05) is 19.3 Å². The lowest BCUT2D eigenvalue weighted by Crippen LogP contribution is -2.30. The summed E-state index contributed by atoms with van der Waals surface area (Å²) in [7, 11) is 0. The summed E-state index contributed by atoms with van der Waals surface area (Å²) in [5.41, 5.74) is 0. The molecule has 0 spiro atoms. The zero-order valence-corrected chi connectivity index (χ0v) is 44.5. The minimum atomic E-state index is -0.839. The summed E-state index contributed by atoms with van der Waals surface area (Å²) in [4.78, 5) is 38.0. The Morgan fingerprint density at radius 3 is 0.870 bits per heavy atom. The Kier molecular flexibility index (Phi) is 53.0. The number of hydrogen-bond donors (Lipinski definition) is 0. The molecule has 0 unspecified atom stereocenters. The van der Waals surface area contributed by atoms with Gasteiger partial charge in [-0.05, 0) is 96.3 Å². The Morgan fingerprint density at radius 2 is 0.551 bits per heavy atom. The predicted octanol–water partition coefficient (Wildman–Crippen LogP) is 18.9. The Bertz CT molecular complexity index is 1380. The number of carbonyl (C=O) groups is 3. The quantitative estimate of drug-likeness (QED) is 0.0262. The van der Waals surface area contributed by atoms with Gasteiger partial charge in [-0.2, -0.15) is 0 Å². The second kappa shape index (κ2) is 56.4. The van der Waals surface area contributed by atoms with Crippen LogP contribution >= 0.6 is 0 Å². The van der Waals surface area contributed by atoms with Gasteiger partial charge < -0.3 is 14.2 Å². The average molecular weight is 956 g/mol. The second-order valence-electron chi connectivity index (χ2n) is 18.1. The standard InChI is InChI=1S/C63H102O6/c1-4-7-10-13-16-19-22-25-27-29-31-33-35-38-40-43-46-49-52-55-61(64)67-58-60(69-63(66)57-54-51-48-45-42-37-24-21-18-15-12-9-6-3)59-68-62(65)56-53-50-47-44-41-39-36-34-32-30-28-26-23-20-17-14-11-8-5-2/h16-17,19-20,25-28,31-34,38-41,46-47,49-50,60H,4-15,18,21-24,29-30,35-37,42-45,48,51-59H2,1-3H3/b19-16-,20-17-,27-25-,28-26-,33-31-,34-32-,40-38-,41-39-,49-46-,50-47-. The molecule has 0 aliphatic carbocycles. The molecule has 0 bridgehead atoms. The van der Waals surface area contributed by atoms with E-state index in [4.69, 9.17) is 14.2 Å². The molecule has 0 N–H and O–H groups in total. The topological polar surface area (TPSA) is 78.9 Å². The van der Waals surface area contributed by atoms with Crippen LogP contribution in [0.5, 0.6) is 0 Å². The van der Waals surface area contributed by atoms with Crippen molar-refractivity contribution in [3.05, 3.63) is 122 Å². The summed E-state index contributed by atoms with van der Waals surface area (Å²) in [6.07, 6.45) is 77.8. The molecule has 390 valence electrons. The van der Waals surface area contributed by atoms with E-state index in [1.807, 2.05) is 24.3 Å². The van der Waals surface area contributed by atoms with Crippen molar-refractivity contribution in [1.82, 2.24) is 0 Å². The van der Waals surface area contributed by atoms with Gasteiger partial charge in [0.05, 0.1) is 0 Å². The van der Waals surface area contributed by atoms with Crippen LogP contribution in [-0.4, -0.2) is 37.2 Å². The van der Waals surface area contributed by atoms with Gasteiger partial charge in [0.15, 0.2) is 6.10 Å². The van der Waals surface area contributed by atoms with Crippen molar-refractivity contribution in [1.29, 1.82) is 0 Å². The molecular weight excluding hydrogens is 853 g/mol. The van der Waals surface area contributed by atoms with E-state index in [2.05, 4.69) is 118 Å². The van der Waals surface area contributed by atoms with Gasteiger partial charge in [-0.25, -0.2) is 0 Å². The number of allylic oxidation sites excluding steroid dienone is 20. The number of rotatable bonds is 49. The van der Waals surface area contributed by atoms with Gasteiger partial charge in [-0.15, -0.1) is 0 Å². The van der Waals surface area contributed by atoms with Gasteiger partial charge in [0.2, 0.25) is 0 Å². The molecule has 0 aromatic carbocycles. The highest BCUT2D eigenvalue weighted by Crippen LogP contribution is 2.14. The number of esters is 3. The van der Waals surface area contributed by atoms with Crippen LogP contribution in [0, 0.1) is 0 Å². The van der Waals surface area contributed by atoms with Crippen LogP contribution in [0.2, 0.25) is 0 Å². The predicted molar refractivity (Wildman–Crippen MR) is 297 cm³/mol. The first-order valence-electron chi connectivity index (χ1n) is 28.0. The largest absolute Gasteiger partial charge is 0.462 e. The summed E-state index contributed by atoms with van der Waals surface area (Å²) in [5.74, 6) is -1.10. The highest BCUT2D eigenvalue weighted by atomic mass is 16.6. The summed E-state index contributed by atoms with van der Waals surface area (Å²) in [6.45, 7) is 6.45. The average Bonchev–Trinajstić information content (AvgIpc) is 3.35. The lowest BCUT2D eigenvalue weighted by atomic mass is 10.0. The monoisotopic (exact) mass is 955 g/mol. The van der Waals surface area contributed by atoms with Gasteiger partial charge in [-0.1, -0.05) is 245 Å². The van der Waals surface area contributed by atoms with E-state index in [9.17, 15) is 14.4 Å². The van der Waals surface area contributed by atoms with E-state index in [0.717, 1.165) is 70.6 Å². The Labute approximate surface area is 424 Å². The molecule has 69 heavy (non-hydrogen) atoms. The first-order chi connectivity index (χ1) is 34.0. The SMILES string of the molecule is CCCCC/C=C\C/C=C\C/C=C\C/C=C\C/C=C\CCC(=O)OCC(COC(=O)CC/C=C\C/C=C\C/C=C\C/C=C\C/C=C\CCCCC)OC(=O)CCCCCCCCCCCCCCC. The molecule has 0 amide bonds. The molecule has 0 rings (SSSR count). The van der Waals surface area contributed by atoms with Crippen molar-refractivity contribution in [3.63, 3.8) is 0 Å². The van der Waals surface area contributed by atoms with Gasteiger partial charge in [-0.3, -0.25) is 14.4 Å². The van der Waals surface area contributed by atoms with E-state index < -0.39 is 6.10 Å². The van der Waals surface area contributed by atoms with E-state index in [1.54, 1.807) is 0 Å². The molecule has 0 saturated carbocycles. The maximum atomic E-state index is 12.8. The molecule has 0 radical (unpaired) electrons. The summed E-state index contributed by atoms with van der Waals surface area (Å²) >= 11 is 0. The van der Waals surface area contributed by atoms with Crippen molar-refractivity contribution in [3.8, 4) is 0 Å². The fraction of sp³-hybridized carbons (Fsp3) is 0.635. The Hall–Kier alpha value is -4.19. The van der Waals surface area contributed by atoms with Crippen molar-refractivity contribution >= 4 is 17.9 Å². The molecule has 0 aromatic heterocycles. The van der Waals surface area contributed by atoms with Crippen LogP contribution in [0.25, 0.3) is 0 Å². The molecule has 0 aromatic rings. The van der Waals surface area contributed by atoms with Crippen LogP contribution in [0.3, 0.4) is 0 Å². The van der Waals surface area contributed by atoms with Crippen LogP contribution < -0.4 is 0 Å². The second-order valence-corrected chi connectivity index (χ2v) is 18.1. The zero-order valence-electron chi connectivity index (χ0n) is 44.5. The van der Waals surface area contributed by atoms with Gasteiger partial charge in [0.1, 0.15) is 13.2 Å². The highest BCUT2D eigenvalue weighted by Gasteiger charge is 2.19. The smallest absolute Gasteiger partial charge is 0.306 e. The van der Waals surface area contributed by atoms with Crippen molar-refractivity contribution < 1.29 is 28.6 Å². The summed E-state index contributed by atoms with van der Waals surface area (Å²) in [6, 6.07) is 0. The van der Waals surface area contributed by atoms with E-state index in [1.165, 1.54) is 116 Å². The first-order valence-corrected chi connectivity index (χ1v) is 28.0. The number of unbranched alkanes of at least 4 members (excludes halogenated alkanes) is 18. The van der Waals surface area contributed by atoms with Crippen LogP contribution in [0.4, 0.5) is 0 Å². The zero-order chi connectivity index (χ0) is 50.0. The third-order valence-electron chi connectivity index (χ3n) is 11.5. The summed E-state index contributed by atoms with van der Waals surface area (Å²) < 4.78 is 16.7. The Balaban J connectivity index is 4.60. The fourth-order valence-electron chi connectivity index (χ4n) is 7.23. The molecule has 0 fully saturated rings. The number of carbonyl (C=O) groups excluding carboxylic acids is 3. The molecule has 0 heterocycles. The van der Waals surface area contributed by atoms with E-state index in [0.29, 0.717) is 19.3 Å². The van der Waals surface area contributed by atoms with Crippen molar-refractivity contribution in [2.24, 2.45) is 0 Å². The molecule has 6 nitrogen and oxygen atoms in total. The normalized spacial score (nSPS) is 12.6. The maximum Gasteiger partial charge on any atom is 0.306 e. The minimum absolute atomic E-state index is 0.141. The van der Waals surface area contributed by atoms with Crippen LogP contribution in [0.1, 0.15) is 239 Å². The third-order valence-corrected chi connectivity index (χ3v) is 11.5.